The van der Waals surface area contributed by atoms with Crippen molar-refractivity contribution in [1.29, 1.82) is 0 Å². The van der Waals surface area contributed by atoms with Crippen LogP contribution in [0.2, 0.25) is 0 Å². The van der Waals surface area contributed by atoms with Gasteiger partial charge in [-0.25, -0.2) is 0 Å². The van der Waals surface area contributed by atoms with E-state index in [-0.39, 0.29) is 22.3 Å². The van der Waals surface area contributed by atoms with Crippen LogP contribution in [0.3, 0.4) is 0 Å². The number of thioether (sulfide) groups is 2. The number of hydrogen-bond donors (Lipinski definition) is 2. The molecule has 2 atom stereocenters. The van der Waals surface area contributed by atoms with E-state index in [1.807, 2.05) is 27.7 Å². The van der Waals surface area contributed by atoms with Gasteiger partial charge in [0.05, 0.1) is 10.5 Å². The Morgan fingerprint density at radius 3 is 1.71 bits per heavy atom. The summed E-state index contributed by atoms with van der Waals surface area (Å²) < 4.78 is 1.47. The van der Waals surface area contributed by atoms with E-state index in [0.29, 0.717) is 13.1 Å². The molecule has 2 N–H and O–H groups in total. The second kappa shape index (κ2) is 9.26. The molecule has 0 fully saturated rings. The van der Waals surface area contributed by atoms with Crippen LogP contribution in [0.4, 0.5) is 0 Å². The van der Waals surface area contributed by atoms with E-state index in [4.69, 9.17) is 0 Å². The zero-order valence-corrected chi connectivity index (χ0v) is 15.0. The Balaban J connectivity index is 2.53. The Morgan fingerprint density at radius 1 is 1.00 bits per heavy atom. The number of carbonyl (C=O) groups excluding carboxylic acids is 2. The monoisotopic (exact) mass is 348 g/mol. The van der Waals surface area contributed by atoms with Gasteiger partial charge in [0.25, 0.3) is 0 Å². The first-order valence-corrected chi connectivity index (χ1v) is 9.27. The molecule has 0 saturated heterocycles. The first-order valence-electron chi connectivity index (χ1n) is 6.70. The first-order chi connectivity index (χ1) is 9.97. The standard InChI is InChI=1S/C12H20N4O2S3/c1-5-13-9(17)7(3)19-11-15-16-12(21-11)20-8(4)10(18)14-6-2/h7-8H,5-6H2,1-4H3,(H,13,17)(H,14,18)/t7-,8+. The summed E-state index contributed by atoms with van der Waals surface area (Å²) in [6.07, 6.45) is 0. The third-order valence-corrected chi connectivity index (χ3v) is 5.68. The molecule has 118 valence electrons. The highest BCUT2D eigenvalue weighted by molar-refractivity contribution is 8.04. The largest absolute Gasteiger partial charge is 0.355 e. The van der Waals surface area contributed by atoms with Gasteiger partial charge in [0.1, 0.15) is 0 Å². The van der Waals surface area contributed by atoms with Crippen LogP contribution < -0.4 is 10.6 Å². The van der Waals surface area contributed by atoms with Gasteiger partial charge in [0, 0.05) is 13.1 Å². The number of nitrogens with zero attached hydrogens (tertiary/aromatic N) is 2. The molecule has 0 spiro atoms. The topological polar surface area (TPSA) is 84.0 Å². The lowest BCUT2D eigenvalue weighted by Gasteiger charge is -2.08. The minimum atomic E-state index is -0.212. The van der Waals surface area contributed by atoms with Crippen LogP contribution in [0.5, 0.6) is 0 Å². The van der Waals surface area contributed by atoms with E-state index < -0.39 is 0 Å². The molecule has 9 heteroatoms. The Kier molecular flexibility index (Phi) is 8.05. The Bertz CT molecular complexity index is 440. The summed E-state index contributed by atoms with van der Waals surface area (Å²) in [5.74, 6) is -0.0230. The molecule has 0 unspecified atom stereocenters. The molecule has 1 rings (SSSR count). The number of amides is 2. The highest BCUT2D eigenvalue weighted by atomic mass is 32.2. The molecule has 0 radical (unpaired) electrons. The molecule has 0 saturated carbocycles. The third-order valence-electron chi connectivity index (χ3n) is 2.38. The highest BCUT2D eigenvalue weighted by Crippen LogP contribution is 2.33. The van der Waals surface area contributed by atoms with Crippen molar-refractivity contribution in [3.05, 3.63) is 0 Å². The second-order valence-electron chi connectivity index (χ2n) is 4.14. The lowest BCUT2D eigenvalue weighted by atomic mass is 10.4. The van der Waals surface area contributed by atoms with Crippen molar-refractivity contribution in [2.45, 2.75) is 46.9 Å². The van der Waals surface area contributed by atoms with E-state index in [2.05, 4.69) is 20.8 Å². The van der Waals surface area contributed by atoms with Crippen LogP contribution in [0.15, 0.2) is 8.68 Å². The average molecular weight is 349 g/mol. The van der Waals surface area contributed by atoms with Gasteiger partial charge in [-0.3, -0.25) is 9.59 Å². The van der Waals surface area contributed by atoms with E-state index in [9.17, 15) is 9.59 Å². The fourth-order valence-electron chi connectivity index (χ4n) is 1.34. The molecule has 1 aromatic rings. The zero-order valence-electron chi connectivity index (χ0n) is 12.5. The smallest absolute Gasteiger partial charge is 0.233 e. The predicted octanol–water partition coefficient (Wildman–Crippen LogP) is 1.77. The lowest BCUT2D eigenvalue weighted by molar-refractivity contribution is -0.121. The van der Waals surface area contributed by atoms with Gasteiger partial charge >= 0.3 is 0 Å². The van der Waals surface area contributed by atoms with Crippen LogP contribution >= 0.6 is 34.9 Å². The quantitative estimate of drug-likeness (QED) is 0.697. The summed E-state index contributed by atoms with van der Waals surface area (Å²) in [6.45, 7) is 8.67. The van der Waals surface area contributed by atoms with Gasteiger partial charge in [-0.05, 0) is 27.7 Å². The molecule has 1 heterocycles. The first kappa shape index (κ1) is 18.2. The summed E-state index contributed by atoms with van der Waals surface area (Å²) in [6, 6.07) is 0. The number of aromatic nitrogens is 2. The second-order valence-corrected chi connectivity index (χ2v) is 8.30. The molecule has 0 aliphatic heterocycles. The molecule has 6 nitrogen and oxygen atoms in total. The van der Waals surface area contributed by atoms with Crippen molar-refractivity contribution in [2.24, 2.45) is 0 Å². The van der Waals surface area contributed by atoms with Crippen molar-refractivity contribution in [3.63, 3.8) is 0 Å². The van der Waals surface area contributed by atoms with Crippen LogP contribution in [0.1, 0.15) is 27.7 Å². The minimum Gasteiger partial charge on any atom is -0.355 e. The van der Waals surface area contributed by atoms with Crippen molar-refractivity contribution in [3.8, 4) is 0 Å². The fourth-order valence-corrected chi connectivity index (χ4v) is 4.69. The van der Waals surface area contributed by atoms with Gasteiger partial charge < -0.3 is 10.6 Å². The molecule has 2 amide bonds. The van der Waals surface area contributed by atoms with Crippen molar-refractivity contribution < 1.29 is 9.59 Å². The zero-order chi connectivity index (χ0) is 15.8. The van der Waals surface area contributed by atoms with E-state index in [1.165, 1.54) is 34.9 Å². The Hall–Kier alpha value is -0.800. The highest BCUT2D eigenvalue weighted by Gasteiger charge is 2.19. The van der Waals surface area contributed by atoms with Crippen molar-refractivity contribution in [1.82, 2.24) is 20.8 Å². The maximum Gasteiger partial charge on any atom is 0.233 e. The minimum absolute atomic E-state index is 0.0115. The third kappa shape index (κ3) is 6.23. The van der Waals surface area contributed by atoms with Gasteiger partial charge in [0.15, 0.2) is 8.68 Å². The number of rotatable bonds is 8. The van der Waals surface area contributed by atoms with Crippen LogP contribution in [0.25, 0.3) is 0 Å². The normalized spacial score (nSPS) is 13.5. The number of nitrogens with one attached hydrogen (secondary N) is 2. The number of carbonyl (C=O) groups is 2. The van der Waals surface area contributed by atoms with E-state index in [1.54, 1.807) is 0 Å². The van der Waals surface area contributed by atoms with Gasteiger partial charge in [-0.2, -0.15) is 0 Å². The van der Waals surface area contributed by atoms with E-state index in [0.717, 1.165) is 8.68 Å². The maximum atomic E-state index is 11.7. The molecule has 0 bridgehead atoms. The Morgan fingerprint density at radius 2 is 1.38 bits per heavy atom. The average Bonchev–Trinajstić information content (AvgIpc) is 2.86. The van der Waals surface area contributed by atoms with Crippen molar-refractivity contribution in [2.75, 3.05) is 13.1 Å². The summed E-state index contributed by atoms with van der Waals surface area (Å²) >= 11 is 4.16. The summed E-state index contributed by atoms with van der Waals surface area (Å²) in [7, 11) is 0. The molecule has 1 aromatic heterocycles. The molecule has 21 heavy (non-hydrogen) atoms. The van der Waals surface area contributed by atoms with Crippen LogP contribution in [-0.4, -0.2) is 45.6 Å². The predicted molar refractivity (Wildman–Crippen MR) is 87.9 cm³/mol. The number of hydrogen-bond acceptors (Lipinski definition) is 7. The molecule has 0 aromatic carbocycles. The molecular formula is C12H20N4O2S3. The summed E-state index contributed by atoms with van der Waals surface area (Å²) in [4.78, 5) is 23.3. The lowest BCUT2D eigenvalue weighted by Crippen LogP contribution is -2.30. The molecular weight excluding hydrogens is 328 g/mol. The molecule has 0 aliphatic carbocycles. The van der Waals surface area contributed by atoms with Gasteiger partial charge in [-0.1, -0.05) is 34.9 Å². The SMILES string of the molecule is CCNC(=O)[C@H](C)Sc1nnc(S[C@H](C)C(=O)NCC)s1. The molecule has 0 aliphatic rings. The maximum absolute atomic E-state index is 11.7. The van der Waals surface area contributed by atoms with Crippen molar-refractivity contribution >= 4 is 46.7 Å². The van der Waals surface area contributed by atoms with Gasteiger partial charge in [-0.15, -0.1) is 10.2 Å². The van der Waals surface area contributed by atoms with Crippen LogP contribution in [0, 0.1) is 0 Å². The summed E-state index contributed by atoms with van der Waals surface area (Å²) in [5, 5.41) is 13.2. The fraction of sp³-hybridized carbons (Fsp3) is 0.667. The van der Waals surface area contributed by atoms with Gasteiger partial charge in [0.2, 0.25) is 11.8 Å². The summed E-state index contributed by atoms with van der Waals surface area (Å²) in [5.41, 5.74) is 0. The van der Waals surface area contributed by atoms with Crippen LogP contribution in [-0.2, 0) is 9.59 Å². The van der Waals surface area contributed by atoms with E-state index >= 15 is 0 Å². The Labute approximate surface area is 137 Å².